The number of ether oxygens (including phenoxy) is 1. The first-order chi connectivity index (χ1) is 17.7. The molecule has 1 aliphatic rings. The van der Waals surface area contributed by atoms with Crippen LogP contribution in [0.1, 0.15) is 28.8 Å². The molecule has 3 aromatic carbocycles. The summed E-state index contributed by atoms with van der Waals surface area (Å²) in [5.41, 5.74) is 4.09. The Kier molecular flexibility index (Phi) is 6.75. The second kappa shape index (κ2) is 10.00. The number of hydrogen-bond donors (Lipinski definition) is 2. The van der Waals surface area contributed by atoms with Crippen molar-refractivity contribution in [2.75, 3.05) is 26.5 Å². The molecule has 6 nitrogen and oxygen atoms in total. The van der Waals surface area contributed by atoms with Crippen LogP contribution in [0.5, 0.6) is 11.5 Å². The van der Waals surface area contributed by atoms with Crippen molar-refractivity contribution in [3.05, 3.63) is 76.7 Å². The minimum Gasteiger partial charge on any atom is -0.503 e. The zero-order valence-corrected chi connectivity index (χ0v) is 21.6. The van der Waals surface area contributed by atoms with E-state index in [1.807, 2.05) is 38.4 Å². The van der Waals surface area contributed by atoms with Crippen LogP contribution in [0.15, 0.2) is 54.7 Å². The fourth-order valence-corrected chi connectivity index (χ4v) is 4.62. The van der Waals surface area contributed by atoms with Crippen LogP contribution in [0.4, 0.5) is 15.8 Å². The van der Waals surface area contributed by atoms with Gasteiger partial charge in [-0.1, -0.05) is 23.7 Å². The highest BCUT2D eigenvalue weighted by molar-refractivity contribution is 6.32. The van der Waals surface area contributed by atoms with Crippen LogP contribution in [0, 0.1) is 11.7 Å². The summed E-state index contributed by atoms with van der Waals surface area (Å²) in [4.78, 5) is 19.6. The molecule has 1 heterocycles. The van der Waals surface area contributed by atoms with Gasteiger partial charge in [0.05, 0.1) is 23.4 Å². The van der Waals surface area contributed by atoms with E-state index in [1.54, 1.807) is 18.2 Å². The number of halogens is 2. The van der Waals surface area contributed by atoms with Gasteiger partial charge in [0.15, 0.2) is 17.3 Å². The van der Waals surface area contributed by atoms with E-state index < -0.39 is 5.82 Å². The van der Waals surface area contributed by atoms with E-state index in [0.717, 1.165) is 30.6 Å². The van der Waals surface area contributed by atoms with Crippen LogP contribution >= 0.6 is 11.6 Å². The lowest BCUT2D eigenvalue weighted by Crippen LogP contribution is -2.10. The Bertz CT molecular complexity index is 1500. The number of phenolic OH excluding ortho intramolecular Hbond substituents is 1. The average molecular weight is 520 g/mol. The summed E-state index contributed by atoms with van der Waals surface area (Å²) < 4.78 is 20.6. The Morgan fingerprint density at radius 2 is 1.86 bits per heavy atom. The van der Waals surface area contributed by atoms with Crippen molar-refractivity contribution in [2.45, 2.75) is 19.4 Å². The Morgan fingerprint density at radius 3 is 2.51 bits per heavy atom. The Hall–Kier alpha value is -3.68. The quantitative estimate of drug-likeness (QED) is 0.249. The third-order valence-electron chi connectivity index (χ3n) is 6.44. The third-order valence-corrected chi connectivity index (χ3v) is 6.73. The molecule has 0 saturated heterocycles. The molecule has 0 amide bonds. The van der Waals surface area contributed by atoms with Crippen LogP contribution in [0.3, 0.4) is 0 Å². The Labute approximate surface area is 219 Å². The maximum Gasteiger partial charge on any atom is 0.176 e. The largest absolute Gasteiger partial charge is 0.503 e. The molecule has 4 aromatic rings. The van der Waals surface area contributed by atoms with Gasteiger partial charge in [0.25, 0.3) is 0 Å². The number of nitrogens with zero attached hydrogens (tertiary/aromatic N) is 2. The summed E-state index contributed by atoms with van der Waals surface area (Å²) in [7, 11) is 5.43. The first-order valence-electron chi connectivity index (χ1n) is 12.0. The molecule has 1 aromatic heterocycles. The third kappa shape index (κ3) is 5.10. The average Bonchev–Trinajstić information content (AvgIpc) is 3.72. The summed E-state index contributed by atoms with van der Waals surface area (Å²) >= 11 is 6.20. The maximum atomic E-state index is 15.4. The van der Waals surface area contributed by atoms with Crippen molar-refractivity contribution in [3.8, 4) is 22.6 Å². The molecule has 1 saturated carbocycles. The number of phenols is 1. The number of methoxy groups -OCH3 is 1. The van der Waals surface area contributed by atoms with Crippen molar-refractivity contribution < 1.29 is 19.0 Å². The van der Waals surface area contributed by atoms with Crippen molar-refractivity contribution in [3.63, 3.8) is 0 Å². The first-order valence-corrected chi connectivity index (χ1v) is 12.4. The van der Waals surface area contributed by atoms with Crippen molar-refractivity contribution in [1.29, 1.82) is 0 Å². The van der Waals surface area contributed by atoms with Gasteiger partial charge in [0.2, 0.25) is 0 Å². The van der Waals surface area contributed by atoms with E-state index in [4.69, 9.17) is 16.3 Å². The number of carbonyl (C=O) groups is 1. The zero-order valence-electron chi connectivity index (χ0n) is 20.8. The lowest BCUT2D eigenvalue weighted by molar-refractivity contribution is 0.0968. The molecule has 0 bridgehead atoms. The van der Waals surface area contributed by atoms with Crippen LogP contribution in [0.25, 0.3) is 22.0 Å². The van der Waals surface area contributed by atoms with Crippen molar-refractivity contribution in [2.24, 2.45) is 5.92 Å². The van der Waals surface area contributed by atoms with Crippen molar-refractivity contribution >= 4 is 39.7 Å². The molecule has 2 N–H and O–H groups in total. The highest BCUT2D eigenvalue weighted by Crippen LogP contribution is 2.42. The van der Waals surface area contributed by atoms with Gasteiger partial charge in [-0.15, -0.1) is 0 Å². The summed E-state index contributed by atoms with van der Waals surface area (Å²) in [6.07, 6.45) is 3.15. The number of anilines is 2. The van der Waals surface area contributed by atoms with E-state index in [2.05, 4.69) is 15.2 Å². The topological polar surface area (TPSA) is 74.7 Å². The second-order valence-corrected chi connectivity index (χ2v) is 10.0. The number of hydrogen-bond acceptors (Lipinski definition) is 6. The summed E-state index contributed by atoms with van der Waals surface area (Å²) in [6.45, 7) is 0.803. The van der Waals surface area contributed by atoms with E-state index in [9.17, 15) is 9.90 Å². The molecule has 190 valence electrons. The minimum atomic E-state index is -0.537. The van der Waals surface area contributed by atoms with Crippen LogP contribution in [-0.4, -0.2) is 42.0 Å². The molecule has 5 rings (SSSR count). The van der Waals surface area contributed by atoms with Gasteiger partial charge in [0.1, 0.15) is 11.3 Å². The summed E-state index contributed by atoms with van der Waals surface area (Å²) in [5.74, 6) is -0.578. The highest BCUT2D eigenvalue weighted by atomic mass is 35.5. The van der Waals surface area contributed by atoms with E-state index >= 15 is 4.39 Å². The number of carbonyl (C=O) groups excluding carboxylic acids is 1. The monoisotopic (exact) mass is 519 g/mol. The molecule has 0 aliphatic heterocycles. The van der Waals surface area contributed by atoms with Gasteiger partial charge in [-0.3, -0.25) is 9.78 Å². The predicted octanol–water partition coefficient (Wildman–Crippen LogP) is 6.81. The number of ketones is 1. The number of rotatable bonds is 8. The fourth-order valence-electron chi connectivity index (χ4n) is 4.41. The molecular formula is C29H27ClFN3O3. The minimum absolute atomic E-state index is 0.00119. The molecule has 0 radical (unpaired) electrons. The molecule has 0 atom stereocenters. The van der Waals surface area contributed by atoms with E-state index in [1.165, 1.54) is 19.4 Å². The molecule has 37 heavy (non-hydrogen) atoms. The standard InChI is InChI=1S/C29H27ClFN3O3/c1-34(2)15-16-4-8-20(9-5-16)33-26-21-10-18(19-11-23(30)29(36)25(13-19)37-3)12-24(31)27(21)32-14-22(26)28(35)17-6-7-17/h4-5,8-14,17,36H,6-7,15H2,1-3H3,(H,32,33). The number of aromatic nitrogens is 1. The normalized spacial score (nSPS) is 13.2. The second-order valence-electron chi connectivity index (χ2n) is 9.61. The number of aromatic hydroxyl groups is 1. The Balaban J connectivity index is 1.66. The molecule has 0 unspecified atom stereocenters. The smallest absolute Gasteiger partial charge is 0.176 e. The maximum absolute atomic E-state index is 15.4. The number of benzene rings is 3. The van der Waals surface area contributed by atoms with Crippen LogP contribution in [-0.2, 0) is 6.54 Å². The van der Waals surface area contributed by atoms with Gasteiger partial charge >= 0.3 is 0 Å². The lowest BCUT2D eigenvalue weighted by atomic mass is 9.98. The van der Waals surface area contributed by atoms with Crippen molar-refractivity contribution in [1.82, 2.24) is 9.88 Å². The van der Waals surface area contributed by atoms with Gasteiger partial charge in [-0.2, -0.15) is 0 Å². The van der Waals surface area contributed by atoms with E-state index in [-0.39, 0.29) is 33.7 Å². The summed E-state index contributed by atoms with van der Waals surface area (Å²) in [5, 5.41) is 14.1. The summed E-state index contributed by atoms with van der Waals surface area (Å²) in [6, 6.07) is 14.2. The first kappa shape index (κ1) is 25.0. The number of nitrogens with one attached hydrogen (secondary N) is 1. The molecule has 0 spiro atoms. The van der Waals surface area contributed by atoms with Crippen LogP contribution < -0.4 is 10.1 Å². The fraction of sp³-hybridized carbons (Fsp3) is 0.241. The highest BCUT2D eigenvalue weighted by Gasteiger charge is 2.33. The van der Waals surface area contributed by atoms with Gasteiger partial charge in [0, 0.05) is 29.7 Å². The molecule has 8 heteroatoms. The van der Waals surface area contributed by atoms with Gasteiger partial charge in [-0.05, 0) is 80.0 Å². The lowest BCUT2D eigenvalue weighted by Gasteiger charge is -2.17. The SMILES string of the molecule is COc1cc(-c2cc(F)c3ncc(C(=O)C4CC4)c(Nc4ccc(CN(C)C)cc4)c3c2)cc(Cl)c1O. The van der Waals surface area contributed by atoms with Gasteiger partial charge in [-0.25, -0.2) is 4.39 Å². The number of pyridine rings is 1. The number of Topliss-reactive ketones (excluding diaryl/α,β-unsaturated/α-hetero) is 1. The van der Waals surface area contributed by atoms with E-state index in [0.29, 0.717) is 27.8 Å². The Morgan fingerprint density at radius 1 is 1.16 bits per heavy atom. The molecule has 1 aliphatic carbocycles. The predicted molar refractivity (Wildman–Crippen MR) is 145 cm³/mol. The number of fused-ring (bicyclic) bond motifs is 1. The molecule has 1 fully saturated rings. The van der Waals surface area contributed by atoms with Gasteiger partial charge < -0.3 is 20.1 Å². The molecular weight excluding hydrogens is 493 g/mol. The zero-order chi connectivity index (χ0) is 26.3. The van der Waals surface area contributed by atoms with Crippen LogP contribution in [0.2, 0.25) is 5.02 Å².